The number of aliphatic hydroxyl groups excluding tert-OH is 1. The van der Waals surface area contributed by atoms with Gasteiger partial charge >= 0.3 is 6.09 Å². The van der Waals surface area contributed by atoms with Crippen LogP contribution in [0.25, 0.3) is 0 Å². The van der Waals surface area contributed by atoms with E-state index in [1.165, 1.54) is 36.3 Å². The summed E-state index contributed by atoms with van der Waals surface area (Å²) in [5, 5.41) is 14.3. The second-order valence-corrected chi connectivity index (χ2v) is 13.9. The average molecular weight is 564 g/mol. The van der Waals surface area contributed by atoms with Gasteiger partial charge in [-0.15, -0.1) is 0 Å². The number of aromatic nitrogens is 2. The topological polar surface area (TPSA) is 83.3 Å². The Kier molecular flexibility index (Phi) is 10.3. The second-order valence-electron chi connectivity index (χ2n) is 13.9. The summed E-state index contributed by atoms with van der Waals surface area (Å²) >= 11 is 0. The van der Waals surface area contributed by atoms with Gasteiger partial charge in [0.05, 0.1) is 18.2 Å². The zero-order valence-electron chi connectivity index (χ0n) is 27.2. The maximum absolute atomic E-state index is 12.2. The first-order chi connectivity index (χ1) is 18.6. The minimum atomic E-state index is -0.426. The van der Waals surface area contributed by atoms with Gasteiger partial charge in [-0.25, -0.2) is 4.79 Å². The molecular weight excluding hydrogens is 506 g/mol. The molecule has 4 aliphatic rings. The number of amides is 1. The molecule has 1 aliphatic carbocycles. The van der Waals surface area contributed by atoms with Crippen LogP contribution >= 0.6 is 0 Å². The monoisotopic (exact) mass is 563 g/mol. The normalized spacial score (nSPS) is 25.8. The zero-order valence-corrected chi connectivity index (χ0v) is 27.2. The van der Waals surface area contributed by atoms with Crippen molar-refractivity contribution in [3.05, 3.63) is 11.3 Å². The number of rotatable bonds is 3. The number of likely N-dealkylation sites (tertiary alicyclic amines) is 2. The lowest BCUT2D eigenvalue weighted by atomic mass is 9.61. The minimum absolute atomic E-state index is 0.0231. The third kappa shape index (κ3) is 7.13. The van der Waals surface area contributed by atoms with E-state index in [1.54, 1.807) is 7.11 Å². The van der Waals surface area contributed by atoms with Crippen LogP contribution in [0.5, 0.6) is 0 Å². The number of methoxy groups -OCH3 is 1. The Hall–Kier alpha value is -1.84. The Morgan fingerprint density at radius 3 is 2.17 bits per heavy atom. The van der Waals surface area contributed by atoms with Crippen LogP contribution in [-0.2, 0) is 9.47 Å². The van der Waals surface area contributed by atoms with Crippen molar-refractivity contribution in [2.75, 3.05) is 51.8 Å². The minimum Gasteiger partial charge on any atom is -0.444 e. The molecule has 4 heterocycles. The maximum atomic E-state index is 12.2. The zero-order chi connectivity index (χ0) is 30.0. The van der Waals surface area contributed by atoms with Crippen molar-refractivity contribution in [2.24, 2.45) is 5.41 Å². The van der Waals surface area contributed by atoms with Crippen LogP contribution < -0.4 is 4.90 Å². The van der Waals surface area contributed by atoms with Crippen LogP contribution in [0.4, 0.5) is 10.6 Å². The van der Waals surface area contributed by atoms with E-state index in [1.807, 2.05) is 46.6 Å². The highest BCUT2D eigenvalue weighted by Gasteiger charge is 2.55. The summed E-state index contributed by atoms with van der Waals surface area (Å²) in [5.41, 5.74) is 2.65. The second kappa shape index (κ2) is 12.6. The number of piperidine rings is 1. The van der Waals surface area contributed by atoms with Crippen molar-refractivity contribution < 1.29 is 19.4 Å². The molecule has 3 saturated heterocycles. The van der Waals surface area contributed by atoms with Gasteiger partial charge in [-0.05, 0) is 87.6 Å². The maximum Gasteiger partial charge on any atom is 0.410 e. The van der Waals surface area contributed by atoms with Crippen molar-refractivity contribution in [3.63, 3.8) is 0 Å². The van der Waals surface area contributed by atoms with E-state index in [2.05, 4.69) is 42.2 Å². The molecule has 2 unspecified atom stereocenters. The molecule has 1 aromatic heterocycles. The molecule has 1 N–H and O–H groups in total. The van der Waals surface area contributed by atoms with E-state index >= 15 is 0 Å². The third-order valence-corrected chi connectivity index (χ3v) is 8.94. The highest BCUT2D eigenvalue weighted by molar-refractivity contribution is 5.69. The largest absolute Gasteiger partial charge is 0.444 e. The van der Waals surface area contributed by atoms with Gasteiger partial charge in [0.15, 0.2) is 5.82 Å². The lowest BCUT2D eigenvalue weighted by Crippen LogP contribution is -2.64. The Bertz CT molecular complexity index is 987. The highest BCUT2D eigenvalue weighted by Crippen LogP contribution is 2.55. The fourth-order valence-electron chi connectivity index (χ4n) is 6.62. The predicted molar refractivity (Wildman–Crippen MR) is 161 cm³/mol. The molecule has 1 aromatic rings. The summed E-state index contributed by atoms with van der Waals surface area (Å²) in [5.74, 6) is 1.18. The molecule has 4 fully saturated rings. The number of hydrogen-bond acceptors (Lipinski definition) is 7. The molecule has 0 bridgehead atoms. The summed E-state index contributed by atoms with van der Waals surface area (Å²) in [6.07, 6.45) is 5.56. The molecule has 230 valence electrons. The van der Waals surface area contributed by atoms with Crippen molar-refractivity contribution in [1.82, 2.24) is 19.6 Å². The van der Waals surface area contributed by atoms with E-state index in [4.69, 9.17) is 14.6 Å². The quantitative estimate of drug-likeness (QED) is 0.543. The molecule has 9 heteroatoms. The average Bonchev–Trinajstić information content (AvgIpc) is 3.30. The molecule has 0 aromatic carbocycles. The fourth-order valence-corrected chi connectivity index (χ4v) is 6.62. The van der Waals surface area contributed by atoms with Crippen molar-refractivity contribution in [1.29, 1.82) is 0 Å². The Balaban J connectivity index is 0.000000339. The Morgan fingerprint density at radius 2 is 1.70 bits per heavy atom. The molecular formula is C31H57N5O4. The predicted octanol–water partition coefficient (Wildman–Crippen LogP) is 5.17. The lowest BCUT2D eigenvalue weighted by molar-refractivity contribution is -0.0930. The number of carbonyl (C=O) groups excluding carboxylic acids is 1. The van der Waals surface area contributed by atoms with E-state index in [0.717, 1.165) is 45.6 Å². The van der Waals surface area contributed by atoms with Crippen LogP contribution in [0.2, 0.25) is 0 Å². The van der Waals surface area contributed by atoms with Gasteiger partial charge in [-0.2, -0.15) is 5.10 Å². The number of nitrogens with zero attached hydrogens (tertiary/aromatic N) is 5. The van der Waals surface area contributed by atoms with Crippen LogP contribution in [0.3, 0.4) is 0 Å². The van der Waals surface area contributed by atoms with Crippen LogP contribution in [0, 0.1) is 19.3 Å². The number of likely N-dealkylation sites (N-methyl/N-ethyl adjacent to an activating group) is 1. The van der Waals surface area contributed by atoms with Gasteiger partial charge in [0.25, 0.3) is 0 Å². The third-order valence-electron chi connectivity index (χ3n) is 8.94. The molecule has 9 nitrogen and oxygen atoms in total. The van der Waals surface area contributed by atoms with Crippen LogP contribution in [0.15, 0.2) is 0 Å². The summed E-state index contributed by atoms with van der Waals surface area (Å²) < 4.78 is 12.8. The fraction of sp³-hybridized carbons (Fsp3) is 0.871. The Labute approximate surface area is 243 Å². The summed E-state index contributed by atoms with van der Waals surface area (Å²) in [6, 6.07) is 0.455. The highest BCUT2D eigenvalue weighted by atomic mass is 16.6. The number of hydrogen-bond donors (Lipinski definition) is 1. The van der Waals surface area contributed by atoms with E-state index < -0.39 is 5.60 Å². The van der Waals surface area contributed by atoms with Crippen molar-refractivity contribution in [2.45, 2.75) is 124 Å². The number of ether oxygens (including phenoxy) is 2. The summed E-state index contributed by atoms with van der Waals surface area (Å²) in [4.78, 5) is 18.7. The number of carbonyl (C=O) groups is 1. The van der Waals surface area contributed by atoms with Crippen molar-refractivity contribution >= 4 is 11.9 Å². The first kappa shape index (κ1) is 32.7. The summed E-state index contributed by atoms with van der Waals surface area (Å²) in [6.45, 7) is 23.2. The summed E-state index contributed by atoms with van der Waals surface area (Å²) in [7, 11) is 3.61. The molecule has 3 aliphatic heterocycles. The lowest BCUT2D eigenvalue weighted by Gasteiger charge is -2.58. The van der Waals surface area contributed by atoms with Crippen molar-refractivity contribution in [3.8, 4) is 0 Å². The van der Waals surface area contributed by atoms with Crippen LogP contribution in [0.1, 0.15) is 97.9 Å². The van der Waals surface area contributed by atoms with Gasteiger partial charge in [0, 0.05) is 62.0 Å². The SMILES string of the molecule is CC.COC1CN(C)CC1O.Cc1c(N2CCCCC2(C)C)nn(C2CC3(C2)CN(C(=O)OC(C)(C)C)C3)c1C. The van der Waals surface area contributed by atoms with Gasteiger partial charge in [0.2, 0.25) is 0 Å². The molecule has 0 radical (unpaired) electrons. The molecule has 40 heavy (non-hydrogen) atoms. The first-order valence-corrected chi connectivity index (χ1v) is 15.4. The number of aliphatic hydroxyl groups is 1. The van der Waals surface area contributed by atoms with Gasteiger partial charge in [-0.3, -0.25) is 4.68 Å². The number of β-amino-alcohol motifs (C(OH)–C–C–N with tert-alkyl or cyclic N) is 1. The Morgan fingerprint density at radius 1 is 1.07 bits per heavy atom. The van der Waals surface area contributed by atoms with Gasteiger partial charge in [-0.1, -0.05) is 13.8 Å². The molecule has 1 spiro atoms. The molecule has 5 rings (SSSR count). The van der Waals surface area contributed by atoms with Gasteiger partial charge in [0.1, 0.15) is 5.60 Å². The van der Waals surface area contributed by atoms with Gasteiger partial charge < -0.3 is 29.3 Å². The molecule has 1 amide bonds. The first-order valence-electron chi connectivity index (χ1n) is 15.4. The molecule has 2 atom stereocenters. The number of anilines is 1. The van der Waals surface area contributed by atoms with E-state index in [0.29, 0.717) is 6.04 Å². The van der Waals surface area contributed by atoms with Crippen LogP contribution in [-0.4, -0.2) is 101 Å². The standard InChI is InChI=1S/C23H38N4O2.C6H13NO2.C2H6/c1-16-17(2)27(24-19(16)26-11-9-8-10-22(26,6)7)18-12-23(13-18)14-25(15-23)20(28)29-21(3,4)5;1-7-3-5(8)6(4-7)9-2;1-2/h18H,8-15H2,1-7H3;5-6,8H,3-4H2,1-2H3;1-2H3. The smallest absolute Gasteiger partial charge is 0.410 e. The molecule has 1 saturated carbocycles. The van der Waals surface area contributed by atoms with E-state index in [-0.39, 0.29) is 29.3 Å². The van der Waals surface area contributed by atoms with E-state index in [9.17, 15) is 9.90 Å².